The third-order valence-electron chi connectivity index (χ3n) is 4.96. The molecule has 0 aromatic rings. The van der Waals surface area contributed by atoms with Crippen LogP contribution >= 0.6 is 0 Å². The Morgan fingerprint density at radius 3 is 2.57 bits per heavy atom. The van der Waals surface area contributed by atoms with E-state index in [0.29, 0.717) is 0 Å². The summed E-state index contributed by atoms with van der Waals surface area (Å²) in [5.41, 5.74) is -0.223. The molecular formula is C17H25FO3. The summed E-state index contributed by atoms with van der Waals surface area (Å²) in [6.45, 7) is 9.88. The predicted molar refractivity (Wildman–Crippen MR) is 79.4 cm³/mol. The molecule has 0 spiro atoms. The van der Waals surface area contributed by atoms with E-state index >= 15 is 0 Å². The van der Waals surface area contributed by atoms with Crippen molar-refractivity contribution in [1.82, 2.24) is 0 Å². The fourth-order valence-corrected chi connectivity index (χ4v) is 3.58. The molecule has 0 radical (unpaired) electrons. The summed E-state index contributed by atoms with van der Waals surface area (Å²) in [4.78, 5) is 11.4. The van der Waals surface area contributed by atoms with Crippen molar-refractivity contribution in [1.29, 1.82) is 0 Å². The third-order valence-corrected chi connectivity index (χ3v) is 4.96. The van der Waals surface area contributed by atoms with Gasteiger partial charge >= 0.3 is 5.97 Å². The second-order valence-electron chi connectivity index (χ2n) is 6.86. The Labute approximate surface area is 126 Å². The van der Waals surface area contributed by atoms with E-state index in [1.54, 1.807) is 19.9 Å². The van der Waals surface area contributed by atoms with Gasteiger partial charge in [0.25, 0.3) is 0 Å². The van der Waals surface area contributed by atoms with Gasteiger partial charge in [-0.05, 0) is 51.7 Å². The summed E-state index contributed by atoms with van der Waals surface area (Å²) < 4.78 is 24.6. The normalized spacial score (nSPS) is 35.1. The van der Waals surface area contributed by atoms with Crippen LogP contribution < -0.4 is 0 Å². The van der Waals surface area contributed by atoms with Gasteiger partial charge in [-0.2, -0.15) is 4.39 Å². The van der Waals surface area contributed by atoms with Crippen LogP contribution in [0.3, 0.4) is 0 Å². The molecule has 1 saturated heterocycles. The van der Waals surface area contributed by atoms with Gasteiger partial charge in [0.15, 0.2) is 0 Å². The Morgan fingerprint density at radius 2 is 2.00 bits per heavy atom. The van der Waals surface area contributed by atoms with E-state index in [2.05, 4.69) is 25.5 Å². The molecule has 4 heteroatoms. The zero-order chi connectivity index (χ0) is 15.9. The van der Waals surface area contributed by atoms with Crippen molar-refractivity contribution >= 4 is 5.97 Å². The largest absolute Gasteiger partial charge is 0.461 e. The maximum atomic E-state index is 13.9. The molecular weight excluding hydrogens is 271 g/mol. The maximum absolute atomic E-state index is 13.9. The van der Waals surface area contributed by atoms with Gasteiger partial charge in [-0.3, -0.25) is 0 Å². The molecule has 1 heterocycles. The number of hydrogen-bond donors (Lipinski definition) is 0. The van der Waals surface area contributed by atoms with Gasteiger partial charge in [-0.1, -0.05) is 19.9 Å². The summed E-state index contributed by atoms with van der Waals surface area (Å²) in [6, 6.07) is 0. The van der Waals surface area contributed by atoms with E-state index in [1.165, 1.54) is 0 Å². The summed E-state index contributed by atoms with van der Waals surface area (Å²) in [6.07, 6.45) is 6.83. The number of epoxide rings is 1. The van der Waals surface area contributed by atoms with Crippen molar-refractivity contribution in [3.8, 4) is 0 Å². The lowest BCUT2D eigenvalue weighted by Gasteiger charge is -2.36. The number of hydrogen-bond acceptors (Lipinski definition) is 3. The SMILES string of the molecule is CCOC(=O)/C(F)=C(C)/C=C/[C@@]12O[C@]1(C)CCCC2(C)C. The van der Waals surface area contributed by atoms with Crippen LogP contribution in [0.4, 0.5) is 4.39 Å². The molecule has 118 valence electrons. The van der Waals surface area contributed by atoms with Gasteiger partial charge in [0.1, 0.15) is 5.60 Å². The zero-order valence-corrected chi connectivity index (χ0v) is 13.6. The number of carbonyl (C=O) groups excluding carboxylic acids is 1. The number of allylic oxidation sites excluding steroid dienone is 2. The summed E-state index contributed by atoms with van der Waals surface area (Å²) in [5.74, 6) is -1.74. The van der Waals surface area contributed by atoms with Crippen LogP contribution in [0.15, 0.2) is 23.6 Å². The Bertz CT molecular complexity index is 506. The molecule has 0 aromatic carbocycles. The molecule has 0 amide bonds. The van der Waals surface area contributed by atoms with Crippen LogP contribution in [0, 0.1) is 5.41 Å². The van der Waals surface area contributed by atoms with Gasteiger partial charge in [0.05, 0.1) is 12.2 Å². The molecule has 3 nitrogen and oxygen atoms in total. The molecule has 0 unspecified atom stereocenters. The monoisotopic (exact) mass is 296 g/mol. The average Bonchev–Trinajstić information content (AvgIpc) is 3.03. The lowest BCUT2D eigenvalue weighted by atomic mass is 9.64. The summed E-state index contributed by atoms with van der Waals surface area (Å²) >= 11 is 0. The van der Waals surface area contributed by atoms with Crippen molar-refractivity contribution in [3.63, 3.8) is 0 Å². The smallest absolute Gasteiger partial charge is 0.367 e. The molecule has 2 fully saturated rings. The van der Waals surface area contributed by atoms with Crippen molar-refractivity contribution in [2.75, 3.05) is 6.61 Å². The Balaban J connectivity index is 2.21. The van der Waals surface area contributed by atoms with E-state index in [4.69, 9.17) is 4.74 Å². The first-order valence-electron chi connectivity index (χ1n) is 7.62. The quantitative estimate of drug-likeness (QED) is 0.339. The minimum Gasteiger partial charge on any atom is -0.461 e. The molecule has 2 rings (SSSR count). The highest BCUT2D eigenvalue weighted by molar-refractivity contribution is 5.87. The minimum atomic E-state index is -0.903. The van der Waals surface area contributed by atoms with Gasteiger partial charge in [0, 0.05) is 5.41 Å². The fraction of sp³-hybridized carbons (Fsp3) is 0.706. The molecule has 1 saturated carbocycles. The van der Waals surface area contributed by atoms with Gasteiger partial charge in [-0.15, -0.1) is 0 Å². The van der Waals surface area contributed by atoms with Crippen LogP contribution in [-0.4, -0.2) is 23.8 Å². The first kappa shape index (κ1) is 16.2. The highest BCUT2D eigenvalue weighted by Gasteiger charge is 2.73. The number of halogens is 1. The molecule has 0 N–H and O–H groups in total. The summed E-state index contributed by atoms with van der Waals surface area (Å²) in [7, 11) is 0. The number of ether oxygens (including phenoxy) is 2. The lowest BCUT2D eigenvalue weighted by molar-refractivity contribution is -0.140. The van der Waals surface area contributed by atoms with Crippen molar-refractivity contribution < 1.29 is 18.7 Å². The number of rotatable bonds is 4. The maximum Gasteiger partial charge on any atom is 0.367 e. The topological polar surface area (TPSA) is 38.8 Å². The van der Waals surface area contributed by atoms with Crippen molar-refractivity contribution in [3.05, 3.63) is 23.6 Å². The molecule has 1 aliphatic carbocycles. The molecule has 21 heavy (non-hydrogen) atoms. The lowest BCUT2D eigenvalue weighted by Crippen LogP contribution is -2.41. The van der Waals surface area contributed by atoms with Crippen molar-refractivity contribution in [2.45, 2.75) is 65.1 Å². The second-order valence-corrected chi connectivity index (χ2v) is 6.86. The van der Waals surface area contributed by atoms with E-state index in [9.17, 15) is 9.18 Å². The molecule has 1 aliphatic heterocycles. The number of carbonyl (C=O) groups is 1. The van der Waals surface area contributed by atoms with E-state index in [1.807, 2.05) is 6.08 Å². The fourth-order valence-electron chi connectivity index (χ4n) is 3.58. The van der Waals surface area contributed by atoms with Crippen LogP contribution in [-0.2, 0) is 14.3 Å². The standard InChI is InChI=1S/C17H25FO3/c1-6-20-14(19)13(18)12(2)8-11-17-15(3,4)9-7-10-16(17,5)21-17/h8,11H,6-7,9-10H2,1-5H3/b11-8+,13-12-/t16-,17+/m1/s1. The Morgan fingerprint density at radius 1 is 1.33 bits per heavy atom. The Hall–Kier alpha value is -1.16. The van der Waals surface area contributed by atoms with Crippen LogP contribution in [0.2, 0.25) is 0 Å². The highest BCUT2D eigenvalue weighted by Crippen LogP contribution is 2.66. The number of esters is 1. The molecule has 2 aliphatic rings. The first-order valence-corrected chi connectivity index (χ1v) is 7.62. The Kier molecular flexibility index (Phi) is 4.04. The number of fused-ring (bicyclic) bond motifs is 1. The predicted octanol–water partition coefficient (Wildman–Crippen LogP) is 4.09. The van der Waals surface area contributed by atoms with Gasteiger partial charge in [0.2, 0.25) is 5.83 Å². The van der Waals surface area contributed by atoms with E-state index in [0.717, 1.165) is 19.3 Å². The van der Waals surface area contributed by atoms with E-state index in [-0.39, 0.29) is 28.8 Å². The second kappa shape index (κ2) is 5.24. The van der Waals surface area contributed by atoms with Crippen LogP contribution in [0.5, 0.6) is 0 Å². The third kappa shape index (κ3) is 2.54. The van der Waals surface area contributed by atoms with Crippen LogP contribution in [0.25, 0.3) is 0 Å². The van der Waals surface area contributed by atoms with Crippen molar-refractivity contribution in [2.24, 2.45) is 5.41 Å². The van der Waals surface area contributed by atoms with Crippen LogP contribution in [0.1, 0.15) is 53.9 Å². The molecule has 0 bridgehead atoms. The zero-order valence-electron chi connectivity index (χ0n) is 13.6. The van der Waals surface area contributed by atoms with Gasteiger partial charge < -0.3 is 9.47 Å². The molecule has 0 aromatic heterocycles. The summed E-state index contributed by atoms with van der Waals surface area (Å²) in [5, 5.41) is 0. The minimum absolute atomic E-state index is 0.0111. The molecule has 2 atom stereocenters. The highest BCUT2D eigenvalue weighted by atomic mass is 19.1. The average molecular weight is 296 g/mol. The van der Waals surface area contributed by atoms with E-state index < -0.39 is 11.8 Å². The van der Waals surface area contributed by atoms with Gasteiger partial charge in [-0.25, -0.2) is 4.79 Å². The first-order chi connectivity index (χ1) is 9.69.